The number of hydrogen-bond acceptors (Lipinski definition) is 4. The molecule has 0 radical (unpaired) electrons. The van der Waals surface area contributed by atoms with Crippen molar-refractivity contribution >= 4 is 35.1 Å². The number of nitrogens with zero attached hydrogens (tertiary/aromatic N) is 3. The molecule has 1 aromatic heterocycles. The molecule has 0 N–H and O–H groups in total. The molecule has 0 amide bonds. The van der Waals surface area contributed by atoms with Gasteiger partial charge in [-0.1, -0.05) is 12.1 Å². The van der Waals surface area contributed by atoms with E-state index < -0.39 is 17.0 Å². The summed E-state index contributed by atoms with van der Waals surface area (Å²) < 4.78 is 37.8. The SMILES string of the molecule is Cl.O=C(Cl)c1cccnc1N1CCN(Cc2ccc(C(F)(F)F)cc2)CC1. The van der Waals surface area contributed by atoms with Crippen molar-refractivity contribution in [3.63, 3.8) is 0 Å². The maximum atomic E-state index is 12.6. The summed E-state index contributed by atoms with van der Waals surface area (Å²) in [5, 5.41) is -0.541. The zero-order valence-electron chi connectivity index (χ0n) is 14.2. The summed E-state index contributed by atoms with van der Waals surface area (Å²) in [7, 11) is 0. The molecule has 2 aromatic rings. The van der Waals surface area contributed by atoms with Gasteiger partial charge in [0.15, 0.2) is 0 Å². The van der Waals surface area contributed by atoms with Crippen LogP contribution in [0.4, 0.5) is 19.0 Å². The van der Waals surface area contributed by atoms with Gasteiger partial charge in [-0.15, -0.1) is 12.4 Å². The molecular weight excluding hydrogens is 402 g/mol. The Balaban J connectivity index is 0.00000261. The van der Waals surface area contributed by atoms with Gasteiger partial charge in [-0.05, 0) is 41.4 Å². The van der Waals surface area contributed by atoms with E-state index >= 15 is 0 Å². The van der Waals surface area contributed by atoms with Crippen LogP contribution < -0.4 is 4.90 Å². The molecule has 0 atom stereocenters. The van der Waals surface area contributed by atoms with Gasteiger partial charge in [0.1, 0.15) is 5.82 Å². The largest absolute Gasteiger partial charge is 0.416 e. The van der Waals surface area contributed by atoms with Crippen molar-refractivity contribution in [1.82, 2.24) is 9.88 Å². The van der Waals surface area contributed by atoms with Crippen molar-refractivity contribution in [1.29, 1.82) is 0 Å². The fourth-order valence-corrected chi connectivity index (χ4v) is 3.13. The minimum absolute atomic E-state index is 0. The van der Waals surface area contributed by atoms with Crippen LogP contribution in [-0.2, 0) is 12.7 Å². The van der Waals surface area contributed by atoms with E-state index in [1.54, 1.807) is 18.3 Å². The van der Waals surface area contributed by atoms with Crippen molar-refractivity contribution in [3.05, 3.63) is 59.3 Å². The van der Waals surface area contributed by atoms with E-state index in [-0.39, 0.29) is 12.4 Å². The third kappa shape index (κ3) is 5.34. The average molecular weight is 420 g/mol. The molecule has 0 bridgehead atoms. The van der Waals surface area contributed by atoms with E-state index in [2.05, 4.69) is 9.88 Å². The molecule has 0 saturated carbocycles. The molecular formula is C18H18Cl2F3N3O. The molecule has 1 aliphatic rings. The van der Waals surface area contributed by atoms with E-state index in [0.717, 1.165) is 17.7 Å². The summed E-state index contributed by atoms with van der Waals surface area (Å²) >= 11 is 5.61. The van der Waals surface area contributed by atoms with E-state index in [0.29, 0.717) is 44.1 Å². The number of carbonyl (C=O) groups is 1. The monoisotopic (exact) mass is 419 g/mol. The van der Waals surface area contributed by atoms with Crippen molar-refractivity contribution in [3.8, 4) is 0 Å². The lowest BCUT2D eigenvalue weighted by Gasteiger charge is -2.36. The first-order chi connectivity index (χ1) is 12.3. The van der Waals surface area contributed by atoms with E-state index in [4.69, 9.17) is 11.6 Å². The van der Waals surface area contributed by atoms with Crippen molar-refractivity contribution < 1.29 is 18.0 Å². The topological polar surface area (TPSA) is 36.4 Å². The van der Waals surface area contributed by atoms with Crippen LogP contribution in [0.15, 0.2) is 42.6 Å². The van der Waals surface area contributed by atoms with Gasteiger partial charge in [-0.3, -0.25) is 9.69 Å². The number of halogens is 5. The average Bonchev–Trinajstić information content (AvgIpc) is 2.62. The van der Waals surface area contributed by atoms with Crippen LogP contribution in [0.5, 0.6) is 0 Å². The van der Waals surface area contributed by atoms with Crippen LogP contribution >= 0.6 is 24.0 Å². The summed E-state index contributed by atoms with van der Waals surface area (Å²) in [5.74, 6) is 0.571. The predicted octanol–water partition coefficient (Wildman–Crippen LogP) is 4.22. The molecule has 1 aromatic carbocycles. The smallest absolute Gasteiger partial charge is 0.353 e. The van der Waals surface area contributed by atoms with Gasteiger partial charge in [0.2, 0.25) is 0 Å². The molecule has 27 heavy (non-hydrogen) atoms. The Morgan fingerprint density at radius 1 is 1.07 bits per heavy atom. The van der Waals surface area contributed by atoms with Crippen LogP contribution in [0.2, 0.25) is 0 Å². The Bertz CT molecular complexity index is 776. The minimum Gasteiger partial charge on any atom is -0.353 e. The molecule has 9 heteroatoms. The Hall–Kier alpha value is -1.83. The van der Waals surface area contributed by atoms with Gasteiger partial charge in [0.05, 0.1) is 11.1 Å². The van der Waals surface area contributed by atoms with E-state index in [1.807, 2.05) is 4.90 Å². The van der Waals surface area contributed by atoms with Crippen molar-refractivity contribution in [2.24, 2.45) is 0 Å². The van der Waals surface area contributed by atoms with Crippen LogP contribution in [0.3, 0.4) is 0 Å². The number of piperazine rings is 1. The van der Waals surface area contributed by atoms with Gasteiger partial charge >= 0.3 is 6.18 Å². The van der Waals surface area contributed by atoms with Crippen LogP contribution in [-0.4, -0.2) is 41.3 Å². The highest BCUT2D eigenvalue weighted by Crippen LogP contribution is 2.29. The summed E-state index contributed by atoms with van der Waals surface area (Å²) in [4.78, 5) is 19.9. The third-order valence-electron chi connectivity index (χ3n) is 4.36. The molecule has 0 unspecified atom stereocenters. The molecule has 2 heterocycles. The summed E-state index contributed by atoms with van der Waals surface area (Å²) in [6.07, 6.45) is -2.70. The highest BCUT2D eigenvalue weighted by molar-refractivity contribution is 6.68. The van der Waals surface area contributed by atoms with Crippen LogP contribution in [0.1, 0.15) is 21.5 Å². The molecule has 1 saturated heterocycles. The van der Waals surface area contributed by atoms with Crippen LogP contribution in [0.25, 0.3) is 0 Å². The number of aromatic nitrogens is 1. The highest BCUT2D eigenvalue weighted by atomic mass is 35.5. The maximum absolute atomic E-state index is 12.6. The normalized spacial score (nSPS) is 15.3. The second kappa shape index (κ2) is 8.91. The Morgan fingerprint density at radius 2 is 1.70 bits per heavy atom. The van der Waals surface area contributed by atoms with E-state index in [9.17, 15) is 18.0 Å². The number of hydrogen-bond donors (Lipinski definition) is 0. The number of benzene rings is 1. The predicted molar refractivity (Wildman–Crippen MR) is 101 cm³/mol. The lowest BCUT2D eigenvalue weighted by molar-refractivity contribution is -0.137. The summed E-state index contributed by atoms with van der Waals surface area (Å²) in [6, 6.07) is 8.55. The fourth-order valence-electron chi connectivity index (χ4n) is 2.98. The minimum atomic E-state index is -4.32. The lowest BCUT2D eigenvalue weighted by atomic mass is 10.1. The zero-order valence-corrected chi connectivity index (χ0v) is 15.8. The molecule has 3 rings (SSSR count). The maximum Gasteiger partial charge on any atom is 0.416 e. The van der Waals surface area contributed by atoms with Crippen molar-refractivity contribution in [2.45, 2.75) is 12.7 Å². The molecule has 0 aliphatic carbocycles. The number of pyridine rings is 1. The second-order valence-electron chi connectivity index (χ2n) is 6.11. The molecule has 1 aliphatic heterocycles. The number of alkyl halides is 3. The number of carbonyl (C=O) groups excluding carboxylic acids is 1. The zero-order chi connectivity index (χ0) is 18.7. The quantitative estimate of drug-likeness (QED) is 0.695. The Morgan fingerprint density at radius 3 is 2.26 bits per heavy atom. The van der Waals surface area contributed by atoms with Gasteiger partial charge in [-0.25, -0.2) is 4.98 Å². The van der Waals surface area contributed by atoms with Gasteiger partial charge in [0.25, 0.3) is 5.24 Å². The number of anilines is 1. The molecule has 146 valence electrons. The van der Waals surface area contributed by atoms with Gasteiger partial charge < -0.3 is 4.90 Å². The second-order valence-corrected chi connectivity index (χ2v) is 6.45. The van der Waals surface area contributed by atoms with Crippen molar-refractivity contribution in [2.75, 3.05) is 31.1 Å². The summed E-state index contributed by atoms with van der Waals surface area (Å²) in [6.45, 7) is 3.33. The number of rotatable bonds is 4. The standard InChI is InChI=1S/C18H17ClF3N3O.ClH/c19-16(26)15-2-1-7-23-17(15)25-10-8-24(9-11-25)12-13-3-5-14(6-4-13)18(20,21)22;/h1-7H,8-12H2;1H. The first kappa shape index (κ1) is 21.5. The lowest BCUT2D eigenvalue weighted by Crippen LogP contribution is -2.46. The molecule has 1 fully saturated rings. The summed E-state index contributed by atoms with van der Waals surface area (Å²) in [5.41, 5.74) is 0.575. The Labute approximate surface area is 166 Å². The first-order valence-electron chi connectivity index (χ1n) is 8.13. The highest BCUT2D eigenvalue weighted by Gasteiger charge is 2.30. The van der Waals surface area contributed by atoms with Gasteiger partial charge in [-0.2, -0.15) is 13.2 Å². The Kier molecular flexibility index (Phi) is 7.08. The van der Waals surface area contributed by atoms with Gasteiger partial charge in [0, 0.05) is 38.9 Å². The van der Waals surface area contributed by atoms with E-state index in [1.165, 1.54) is 12.1 Å². The molecule has 4 nitrogen and oxygen atoms in total. The van der Waals surface area contributed by atoms with Crippen LogP contribution in [0, 0.1) is 0 Å². The first-order valence-corrected chi connectivity index (χ1v) is 8.50. The molecule has 0 spiro atoms. The third-order valence-corrected chi connectivity index (χ3v) is 4.56. The fraction of sp³-hybridized carbons (Fsp3) is 0.333.